The smallest absolute Gasteiger partial charge is 0.101 e. The van der Waals surface area contributed by atoms with Crippen LogP contribution in [0.1, 0.15) is 32.6 Å². The molecule has 0 spiro atoms. The number of rotatable bonds is 3. The molecule has 13 heavy (non-hydrogen) atoms. The Kier molecular flexibility index (Phi) is 4.01. The van der Waals surface area contributed by atoms with Crippen LogP contribution in [-0.4, -0.2) is 11.2 Å². The molecule has 0 bridgehead atoms. The molecule has 72 valence electrons. The zero-order valence-electron chi connectivity index (χ0n) is 8.29. The first kappa shape index (κ1) is 10.3. The number of aliphatic hydroxyl groups excluding tert-OH is 1. The van der Waals surface area contributed by atoms with Gasteiger partial charge in [0.15, 0.2) is 0 Å². The predicted octanol–water partition coefficient (Wildman–Crippen LogP) is 2.82. The standard InChI is InChI=1S/C12H18O/c1-3-7-12(13)11(4-2)10-8-5-6-9-10/h3,7,10,12-13H,2,5-6,8-9H2,1H3/b7-3+. The third-order valence-electron chi connectivity index (χ3n) is 2.69. The van der Waals surface area contributed by atoms with Gasteiger partial charge in [0.2, 0.25) is 0 Å². The lowest BCUT2D eigenvalue weighted by Crippen LogP contribution is -2.13. The summed E-state index contributed by atoms with van der Waals surface area (Å²) in [7, 11) is 0. The Morgan fingerprint density at radius 1 is 1.54 bits per heavy atom. The third kappa shape index (κ3) is 2.58. The molecule has 1 aliphatic carbocycles. The normalized spacial score (nSPS) is 20.5. The average molecular weight is 178 g/mol. The maximum Gasteiger partial charge on any atom is 0.101 e. The predicted molar refractivity (Wildman–Crippen MR) is 55.4 cm³/mol. The van der Waals surface area contributed by atoms with Crippen LogP contribution in [0.3, 0.4) is 0 Å². The monoisotopic (exact) mass is 178 g/mol. The molecular formula is C12H18O. The van der Waals surface area contributed by atoms with Gasteiger partial charge in [0.25, 0.3) is 0 Å². The fourth-order valence-electron chi connectivity index (χ4n) is 2.01. The Bertz CT molecular complexity index is 228. The Morgan fingerprint density at radius 2 is 2.15 bits per heavy atom. The molecule has 1 atom stereocenters. The maximum atomic E-state index is 9.74. The van der Waals surface area contributed by atoms with Crippen molar-refractivity contribution < 1.29 is 5.11 Å². The van der Waals surface area contributed by atoms with E-state index < -0.39 is 6.10 Å². The van der Waals surface area contributed by atoms with E-state index in [9.17, 15) is 5.11 Å². The largest absolute Gasteiger partial charge is 0.384 e. The van der Waals surface area contributed by atoms with Crippen molar-refractivity contribution in [1.82, 2.24) is 0 Å². The van der Waals surface area contributed by atoms with Crippen molar-refractivity contribution in [2.24, 2.45) is 5.92 Å². The topological polar surface area (TPSA) is 20.2 Å². The summed E-state index contributed by atoms with van der Waals surface area (Å²) in [6.45, 7) is 5.57. The van der Waals surface area contributed by atoms with Gasteiger partial charge >= 0.3 is 0 Å². The van der Waals surface area contributed by atoms with Crippen LogP contribution in [0, 0.1) is 5.92 Å². The molecule has 1 N–H and O–H groups in total. The Hall–Kier alpha value is -0.780. The molecule has 0 radical (unpaired) electrons. The van der Waals surface area contributed by atoms with Gasteiger partial charge in [-0.25, -0.2) is 0 Å². The van der Waals surface area contributed by atoms with Gasteiger partial charge in [-0.2, -0.15) is 0 Å². The van der Waals surface area contributed by atoms with Crippen LogP contribution in [0.25, 0.3) is 0 Å². The summed E-state index contributed by atoms with van der Waals surface area (Å²) in [5.41, 5.74) is 3.88. The molecule has 0 aliphatic heterocycles. The first-order valence-electron chi connectivity index (χ1n) is 5.00. The SMILES string of the molecule is C=C=C(C(O)/C=C/C)C1CCCC1. The molecule has 1 heteroatoms. The molecule has 0 aromatic heterocycles. The Morgan fingerprint density at radius 3 is 2.62 bits per heavy atom. The second-order valence-corrected chi connectivity index (χ2v) is 3.58. The number of aliphatic hydroxyl groups is 1. The first-order valence-corrected chi connectivity index (χ1v) is 5.00. The van der Waals surface area contributed by atoms with Gasteiger partial charge in [0, 0.05) is 5.57 Å². The van der Waals surface area contributed by atoms with Gasteiger partial charge in [-0.1, -0.05) is 31.6 Å². The Balaban J connectivity index is 2.67. The Labute approximate surface area is 80.5 Å². The van der Waals surface area contributed by atoms with Gasteiger partial charge in [0.1, 0.15) is 6.10 Å². The van der Waals surface area contributed by atoms with Crippen molar-refractivity contribution in [2.45, 2.75) is 38.7 Å². The summed E-state index contributed by atoms with van der Waals surface area (Å²) in [6.07, 6.45) is 8.13. The van der Waals surface area contributed by atoms with Gasteiger partial charge < -0.3 is 5.11 Å². The van der Waals surface area contributed by atoms with E-state index in [4.69, 9.17) is 0 Å². The molecule has 0 heterocycles. The molecule has 0 aromatic rings. The van der Waals surface area contributed by atoms with Crippen molar-refractivity contribution in [1.29, 1.82) is 0 Å². The van der Waals surface area contributed by atoms with Crippen LogP contribution in [0.5, 0.6) is 0 Å². The lowest BCUT2D eigenvalue weighted by atomic mass is 9.93. The van der Waals surface area contributed by atoms with E-state index in [0.29, 0.717) is 5.92 Å². The lowest BCUT2D eigenvalue weighted by Gasteiger charge is -2.15. The number of hydrogen-bond donors (Lipinski definition) is 1. The van der Waals surface area contributed by atoms with Crippen LogP contribution in [-0.2, 0) is 0 Å². The van der Waals surface area contributed by atoms with Crippen LogP contribution >= 0.6 is 0 Å². The van der Waals surface area contributed by atoms with Crippen LogP contribution in [0.15, 0.2) is 30.0 Å². The molecule has 0 aromatic carbocycles. The highest BCUT2D eigenvalue weighted by Crippen LogP contribution is 2.32. The van der Waals surface area contributed by atoms with Crippen LogP contribution in [0.4, 0.5) is 0 Å². The van der Waals surface area contributed by atoms with Gasteiger partial charge in [-0.3, -0.25) is 0 Å². The molecule has 1 rings (SSSR count). The van der Waals surface area contributed by atoms with E-state index in [1.807, 2.05) is 13.0 Å². The minimum atomic E-state index is -0.467. The van der Waals surface area contributed by atoms with Gasteiger partial charge in [-0.05, 0) is 25.7 Å². The second kappa shape index (κ2) is 5.06. The van der Waals surface area contributed by atoms with Crippen LogP contribution < -0.4 is 0 Å². The van der Waals surface area contributed by atoms with Crippen LogP contribution in [0.2, 0.25) is 0 Å². The quantitative estimate of drug-likeness (QED) is 0.520. The molecule has 1 unspecified atom stereocenters. The highest BCUT2D eigenvalue weighted by Gasteiger charge is 2.22. The highest BCUT2D eigenvalue weighted by molar-refractivity contribution is 5.17. The van der Waals surface area contributed by atoms with Crippen molar-refractivity contribution in [3.63, 3.8) is 0 Å². The van der Waals surface area contributed by atoms with E-state index in [0.717, 1.165) is 5.57 Å². The summed E-state index contributed by atoms with van der Waals surface area (Å²) in [6, 6.07) is 0. The minimum Gasteiger partial charge on any atom is -0.384 e. The molecule has 1 nitrogen and oxygen atoms in total. The van der Waals surface area contributed by atoms with E-state index >= 15 is 0 Å². The van der Waals surface area contributed by atoms with Crippen molar-refractivity contribution in [2.75, 3.05) is 0 Å². The second-order valence-electron chi connectivity index (χ2n) is 3.58. The molecular weight excluding hydrogens is 160 g/mol. The fourth-order valence-corrected chi connectivity index (χ4v) is 2.01. The number of allylic oxidation sites excluding steroid dienone is 1. The third-order valence-corrected chi connectivity index (χ3v) is 2.69. The van der Waals surface area contributed by atoms with Crippen molar-refractivity contribution >= 4 is 0 Å². The molecule has 1 fully saturated rings. The summed E-state index contributed by atoms with van der Waals surface area (Å²) in [5.74, 6) is 0.517. The minimum absolute atomic E-state index is 0.467. The first-order chi connectivity index (χ1) is 6.29. The molecule has 0 amide bonds. The van der Waals surface area contributed by atoms with Crippen molar-refractivity contribution in [3.8, 4) is 0 Å². The number of hydrogen-bond acceptors (Lipinski definition) is 1. The summed E-state index contributed by atoms with van der Waals surface area (Å²) >= 11 is 0. The van der Waals surface area contributed by atoms with E-state index in [-0.39, 0.29) is 0 Å². The lowest BCUT2D eigenvalue weighted by molar-refractivity contribution is 0.243. The zero-order chi connectivity index (χ0) is 9.68. The molecule has 0 saturated heterocycles. The van der Waals surface area contributed by atoms with E-state index in [2.05, 4.69) is 12.3 Å². The molecule has 1 aliphatic rings. The van der Waals surface area contributed by atoms with Crippen molar-refractivity contribution in [3.05, 3.63) is 30.0 Å². The summed E-state index contributed by atoms with van der Waals surface area (Å²) in [5, 5.41) is 9.74. The van der Waals surface area contributed by atoms with Gasteiger partial charge in [-0.15, -0.1) is 5.73 Å². The summed E-state index contributed by atoms with van der Waals surface area (Å²) in [4.78, 5) is 0. The maximum absolute atomic E-state index is 9.74. The van der Waals surface area contributed by atoms with E-state index in [1.165, 1.54) is 25.7 Å². The van der Waals surface area contributed by atoms with E-state index in [1.54, 1.807) is 6.08 Å². The molecule has 1 saturated carbocycles. The highest BCUT2D eigenvalue weighted by atomic mass is 16.3. The summed E-state index contributed by atoms with van der Waals surface area (Å²) < 4.78 is 0. The zero-order valence-corrected chi connectivity index (χ0v) is 8.29. The van der Waals surface area contributed by atoms with Gasteiger partial charge in [0.05, 0.1) is 0 Å². The fraction of sp³-hybridized carbons (Fsp3) is 0.583. The average Bonchev–Trinajstić information content (AvgIpc) is 2.59.